The van der Waals surface area contributed by atoms with Crippen molar-refractivity contribution in [3.05, 3.63) is 42.5 Å². The zero-order valence-electron chi connectivity index (χ0n) is 16.7. The van der Waals surface area contributed by atoms with Crippen LogP contribution in [0.2, 0.25) is 19.6 Å². The average Bonchev–Trinajstić information content (AvgIpc) is 2.61. The monoisotopic (exact) mass is 372 g/mol. The lowest BCUT2D eigenvalue weighted by molar-refractivity contribution is 0.190. The highest BCUT2D eigenvalue weighted by Gasteiger charge is 2.17. The largest absolute Gasteiger partial charge is 0.399 e. The van der Waals surface area contributed by atoms with E-state index in [4.69, 9.17) is 15.2 Å². The quantitative estimate of drug-likeness (QED) is 0.540. The molecule has 0 bridgehead atoms. The van der Waals surface area contributed by atoms with Gasteiger partial charge in [0.1, 0.15) is 0 Å². The van der Waals surface area contributed by atoms with Gasteiger partial charge in [-0.3, -0.25) is 0 Å². The van der Waals surface area contributed by atoms with Gasteiger partial charge in [0.25, 0.3) is 0 Å². The molecule has 0 aliphatic heterocycles. The summed E-state index contributed by atoms with van der Waals surface area (Å²) in [6, 6.07) is 15.1. The second kappa shape index (κ2) is 9.21. The second-order valence-electron chi connectivity index (χ2n) is 7.58. The Kier molecular flexibility index (Phi) is 7.26. The summed E-state index contributed by atoms with van der Waals surface area (Å²) in [7, 11) is 2.15. The summed E-state index contributed by atoms with van der Waals surface area (Å²) in [4.78, 5) is 2.30. The fourth-order valence-electron chi connectivity index (χ4n) is 2.97. The Balaban J connectivity index is 2.42. The van der Waals surface area contributed by atoms with E-state index in [1.54, 1.807) is 14.2 Å². The summed E-state index contributed by atoms with van der Waals surface area (Å²) in [5.74, 6) is 0. The first-order valence-corrected chi connectivity index (χ1v) is 12.6. The molecule has 0 amide bonds. The highest BCUT2D eigenvalue weighted by molar-refractivity contribution is 6.88. The van der Waals surface area contributed by atoms with E-state index in [0.29, 0.717) is 13.2 Å². The predicted molar refractivity (Wildman–Crippen MR) is 115 cm³/mol. The van der Waals surface area contributed by atoms with Crippen LogP contribution in [0.1, 0.15) is 0 Å². The zero-order valence-corrected chi connectivity index (χ0v) is 17.7. The molecule has 4 nitrogen and oxygen atoms in total. The second-order valence-corrected chi connectivity index (χ2v) is 12.7. The summed E-state index contributed by atoms with van der Waals surface area (Å²) in [5, 5.41) is 1.46. The van der Waals surface area contributed by atoms with Crippen molar-refractivity contribution >= 4 is 24.6 Å². The fourth-order valence-corrected chi connectivity index (χ4v) is 4.13. The predicted octanol–water partition coefficient (Wildman–Crippen LogP) is 3.58. The Morgan fingerprint density at radius 2 is 1.46 bits per heavy atom. The number of nitrogens with two attached hydrogens (primary N) is 1. The van der Waals surface area contributed by atoms with Crippen LogP contribution in [0.15, 0.2) is 42.5 Å². The summed E-state index contributed by atoms with van der Waals surface area (Å²) >= 11 is 0. The normalized spacial score (nSPS) is 11.6. The maximum absolute atomic E-state index is 6.10. The Bertz CT molecular complexity index is 688. The molecule has 0 atom stereocenters. The minimum Gasteiger partial charge on any atom is -0.399 e. The number of hydrogen-bond acceptors (Lipinski definition) is 4. The first-order valence-electron chi connectivity index (χ1n) is 9.10. The van der Waals surface area contributed by atoms with Gasteiger partial charge in [0.15, 0.2) is 0 Å². The van der Waals surface area contributed by atoms with E-state index in [9.17, 15) is 0 Å². The number of ether oxygens (including phenoxy) is 2. The minimum absolute atomic E-state index is 0.669. The molecular weight excluding hydrogens is 340 g/mol. The number of rotatable bonds is 9. The fraction of sp³-hybridized carbons (Fsp3) is 0.429. The molecule has 2 rings (SSSR count). The molecule has 0 aliphatic rings. The molecule has 2 N–H and O–H groups in total. The number of benzene rings is 2. The molecule has 2 aromatic rings. The van der Waals surface area contributed by atoms with Crippen molar-refractivity contribution in [1.29, 1.82) is 0 Å². The number of methoxy groups -OCH3 is 2. The van der Waals surface area contributed by atoms with E-state index in [1.807, 2.05) is 6.07 Å². The smallest absolute Gasteiger partial charge is 0.0775 e. The van der Waals surface area contributed by atoms with Gasteiger partial charge >= 0.3 is 0 Å². The van der Waals surface area contributed by atoms with Crippen LogP contribution in [0.3, 0.4) is 0 Å². The standard InChI is InChI=1S/C21H32N2O2Si/c1-24-14-12-23(13-15-25-2)21-11-8-18(22)16-20(21)17-6-9-19(10-7-17)26(3,4)5/h6-11,16H,12-15,22H2,1-5H3. The van der Waals surface area contributed by atoms with Crippen molar-refractivity contribution in [2.24, 2.45) is 0 Å². The third-order valence-electron chi connectivity index (χ3n) is 4.55. The van der Waals surface area contributed by atoms with Crippen LogP contribution in [0, 0.1) is 0 Å². The van der Waals surface area contributed by atoms with Crippen LogP contribution in [0.25, 0.3) is 11.1 Å². The van der Waals surface area contributed by atoms with E-state index < -0.39 is 8.07 Å². The van der Waals surface area contributed by atoms with Gasteiger partial charge in [-0.25, -0.2) is 0 Å². The van der Waals surface area contributed by atoms with E-state index in [2.05, 4.69) is 60.9 Å². The molecule has 0 unspecified atom stereocenters. The van der Waals surface area contributed by atoms with Crippen LogP contribution < -0.4 is 15.8 Å². The van der Waals surface area contributed by atoms with E-state index in [0.717, 1.165) is 30.0 Å². The highest BCUT2D eigenvalue weighted by Crippen LogP contribution is 2.32. The van der Waals surface area contributed by atoms with Gasteiger partial charge in [-0.15, -0.1) is 0 Å². The maximum Gasteiger partial charge on any atom is 0.0775 e. The molecule has 2 aromatic carbocycles. The first-order chi connectivity index (χ1) is 12.4. The van der Waals surface area contributed by atoms with E-state index in [1.165, 1.54) is 10.8 Å². The summed E-state index contributed by atoms with van der Waals surface area (Å²) in [5.41, 5.74) is 10.4. The van der Waals surface area contributed by atoms with E-state index in [-0.39, 0.29) is 0 Å². The van der Waals surface area contributed by atoms with Gasteiger partial charge in [0.05, 0.1) is 21.3 Å². The number of nitrogens with zero attached hydrogens (tertiary/aromatic N) is 1. The molecule has 5 heteroatoms. The molecule has 0 heterocycles. The lowest BCUT2D eigenvalue weighted by Gasteiger charge is -2.27. The summed E-state index contributed by atoms with van der Waals surface area (Å²) in [6.45, 7) is 10.1. The number of nitrogen functional groups attached to an aromatic ring is 1. The van der Waals surface area contributed by atoms with E-state index >= 15 is 0 Å². The molecule has 0 aromatic heterocycles. The molecule has 0 aliphatic carbocycles. The summed E-state index contributed by atoms with van der Waals surface area (Å²) < 4.78 is 10.6. The van der Waals surface area contributed by atoms with Crippen molar-refractivity contribution in [1.82, 2.24) is 0 Å². The molecule has 0 spiro atoms. The molecule has 26 heavy (non-hydrogen) atoms. The number of hydrogen-bond donors (Lipinski definition) is 1. The average molecular weight is 373 g/mol. The first kappa shape index (κ1) is 20.5. The maximum atomic E-state index is 6.10. The summed E-state index contributed by atoms with van der Waals surface area (Å²) in [6.07, 6.45) is 0. The SMILES string of the molecule is COCCN(CCOC)c1ccc(N)cc1-c1ccc([Si](C)(C)C)cc1. The Morgan fingerprint density at radius 1 is 0.885 bits per heavy atom. The van der Waals surface area contributed by atoms with Crippen LogP contribution in [-0.2, 0) is 9.47 Å². The van der Waals surface area contributed by atoms with Crippen molar-refractivity contribution < 1.29 is 9.47 Å². The van der Waals surface area contributed by atoms with Gasteiger partial charge < -0.3 is 20.1 Å². The van der Waals surface area contributed by atoms with Gasteiger partial charge in [-0.1, -0.05) is 49.1 Å². The topological polar surface area (TPSA) is 47.7 Å². The third-order valence-corrected chi connectivity index (χ3v) is 6.62. The van der Waals surface area contributed by atoms with Crippen LogP contribution in [0.5, 0.6) is 0 Å². The van der Waals surface area contributed by atoms with Gasteiger partial charge in [0, 0.05) is 44.2 Å². The van der Waals surface area contributed by atoms with Gasteiger partial charge in [0.2, 0.25) is 0 Å². The van der Waals surface area contributed by atoms with Crippen molar-refractivity contribution in [2.75, 3.05) is 51.2 Å². The Hall–Kier alpha value is -1.82. The molecule has 0 saturated carbocycles. The van der Waals surface area contributed by atoms with Crippen LogP contribution >= 0.6 is 0 Å². The third kappa shape index (κ3) is 5.33. The molecular formula is C21H32N2O2Si. The Labute approximate surface area is 158 Å². The lowest BCUT2D eigenvalue weighted by Crippen LogP contribution is -2.37. The van der Waals surface area contributed by atoms with Gasteiger partial charge in [-0.05, 0) is 23.8 Å². The van der Waals surface area contributed by atoms with Crippen molar-refractivity contribution in [3.8, 4) is 11.1 Å². The zero-order chi connectivity index (χ0) is 19.2. The Morgan fingerprint density at radius 3 is 1.96 bits per heavy atom. The molecule has 0 radical (unpaired) electrons. The number of anilines is 2. The van der Waals surface area contributed by atoms with Gasteiger partial charge in [-0.2, -0.15) is 0 Å². The lowest BCUT2D eigenvalue weighted by atomic mass is 10.0. The minimum atomic E-state index is -1.31. The van der Waals surface area contributed by atoms with Crippen LogP contribution in [0.4, 0.5) is 11.4 Å². The van der Waals surface area contributed by atoms with Crippen molar-refractivity contribution in [2.45, 2.75) is 19.6 Å². The molecule has 0 fully saturated rings. The molecule has 142 valence electrons. The van der Waals surface area contributed by atoms with Crippen LogP contribution in [-0.4, -0.2) is 48.6 Å². The highest BCUT2D eigenvalue weighted by atomic mass is 28.3. The molecule has 0 saturated heterocycles. The van der Waals surface area contributed by atoms with Crippen molar-refractivity contribution in [3.63, 3.8) is 0 Å².